The van der Waals surface area contributed by atoms with E-state index in [1.807, 2.05) is 0 Å². The standard InChI is InChI=1S/C16H26F4O4/c1-6-15(5,10-24-12(21)14(2,3)4)13(22)23-8-7-16(19,20)9-11(17)18/h11H,6-10H2,1-5H3. The molecule has 0 spiro atoms. The molecule has 0 aromatic heterocycles. The van der Waals surface area contributed by atoms with Crippen LogP contribution in [-0.4, -0.2) is 37.5 Å². The normalized spacial score (nSPS) is 15.1. The van der Waals surface area contributed by atoms with Gasteiger partial charge in [-0.1, -0.05) is 6.92 Å². The maximum Gasteiger partial charge on any atom is 0.315 e. The predicted octanol–water partition coefficient (Wildman–Crippen LogP) is 4.22. The van der Waals surface area contributed by atoms with Crippen molar-refractivity contribution in [3.8, 4) is 0 Å². The first kappa shape index (κ1) is 22.7. The highest BCUT2D eigenvalue weighted by molar-refractivity contribution is 5.78. The number of esters is 2. The van der Waals surface area contributed by atoms with E-state index in [1.54, 1.807) is 27.7 Å². The summed E-state index contributed by atoms with van der Waals surface area (Å²) < 4.78 is 60.2. The molecule has 8 heteroatoms. The highest BCUT2D eigenvalue weighted by Gasteiger charge is 2.38. The van der Waals surface area contributed by atoms with E-state index in [4.69, 9.17) is 9.47 Å². The zero-order valence-electron chi connectivity index (χ0n) is 14.8. The van der Waals surface area contributed by atoms with E-state index in [2.05, 4.69) is 0 Å². The Hall–Kier alpha value is -1.34. The second-order valence-electron chi connectivity index (χ2n) is 7.08. The SMILES string of the molecule is CCC(C)(COC(=O)C(C)(C)C)C(=O)OCCC(F)(F)CC(F)F. The van der Waals surface area contributed by atoms with Crippen LogP contribution in [0.15, 0.2) is 0 Å². The summed E-state index contributed by atoms with van der Waals surface area (Å²) >= 11 is 0. The molecule has 0 aliphatic heterocycles. The minimum absolute atomic E-state index is 0.244. The van der Waals surface area contributed by atoms with Gasteiger partial charge in [0.2, 0.25) is 6.43 Å². The molecule has 4 nitrogen and oxygen atoms in total. The van der Waals surface area contributed by atoms with Crippen LogP contribution < -0.4 is 0 Å². The van der Waals surface area contributed by atoms with Crippen LogP contribution in [0.25, 0.3) is 0 Å². The van der Waals surface area contributed by atoms with Crippen molar-refractivity contribution in [2.45, 2.75) is 66.2 Å². The topological polar surface area (TPSA) is 52.6 Å². The third-order valence-corrected chi connectivity index (χ3v) is 3.56. The van der Waals surface area contributed by atoms with Gasteiger partial charge in [-0.05, 0) is 34.1 Å². The van der Waals surface area contributed by atoms with E-state index in [-0.39, 0.29) is 13.0 Å². The quantitative estimate of drug-likeness (QED) is 0.457. The second-order valence-corrected chi connectivity index (χ2v) is 7.08. The van der Waals surface area contributed by atoms with Crippen molar-refractivity contribution >= 4 is 11.9 Å². The second kappa shape index (κ2) is 8.67. The molecule has 0 fully saturated rings. The summed E-state index contributed by atoms with van der Waals surface area (Å²) in [5, 5.41) is 0. The number of rotatable bonds is 9. The van der Waals surface area contributed by atoms with Crippen LogP contribution in [0, 0.1) is 10.8 Å². The molecule has 1 unspecified atom stereocenters. The van der Waals surface area contributed by atoms with E-state index < -0.39 is 54.6 Å². The molecule has 142 valence electrons. The molecule has 24 heavy (non-hydrogen) atoms. The molecule has 1 atom stereocenters. The fraction of sp³-hybridized carbons (Fsp3) is 0.875. The Balaban J connectivity index is 4.55. The largest absolute Gasteiger partial charge is 0.465 e. The molecule has 0 radical (unpaired) electrons. The van der Waals surface area contributed by atoms with E-state index in [0.717, 1.165) is 0 Å². The van der Waals surface area contributed by atoms with Gasteiger partial charge in [-0.15, -0.1) is 0 Å². The van der Waals surface area contributed by atoms with Gasteiger partial charge in [0.1, 0.15) is 6.61 Å². The average Bonchev–Trinajstić information content (AvgIpc) is 2.41. The third kappa shape index (κ3) is 7.97. The molecule has 0 saturated heterocycles. The van der Waals surface area contributed by atoms with Gasteiger partial charge in [0.05, 0.1) is 23.9 Å². The molecule has 0 aliphatic carbocycles. The molecule has 0 aliphatic rings. The van der Waals surface area contributed by atoms with Crippen molar-refractivity contribution in [2.24, 2.45) is 10.8 Å². The van der Waals surface area contributed by atoms with Crippen molar-refractivity contribution in [3.05, 3.63) is 0 Å². The van der Waals surface area contributed by atoms with Gasteiger partial charge >= 0.3 is 11.9 Å². The van der Waals surface area contributed by atoms with Crippen LogP contribution in [0.2, 0.25) is 0 Å². The van der Waals surface area contributed by atoms with E-state index in [9.17, 15) is 27.2 Å². The number of alkyl halides is 4. The lowest BCUT2D eigenvalue weighted by molar-refractivity contribution is -0.168. The van der Waals surface area contributed by atoms with Crippen LogP contribution >= 0.6 is 0 Å². The molecule has 0 N–H and O–H groups in total. The number of halogens is 4. The van der Waals surface area contributed by atoms with Gasteiger partial charge < -0.3 is 9.47 Å². The van der Waals surface area contributed by atoms with Crippen LogP contribution in [-0.2, 0) is 19.1 Å². The van der Waals surface area contributed by atoms with E-state index in [0.29, 0.717) is 0 Å². The van der Waals surface area contributed by atoms with Crippen molar-refractivity contribution in [1.82, 2.24) is 0 Å². The number of carbonyl (C=O) groups excluding carboxylic acids is 2. The summed E-state index contributed by atoms with van der Waals surface area (Å²) in [4.78, 5) is 23.8. The Morgan fingerprint density at radius 3 is 1.96 bits per heavy atom. The zero-order chi connectivity index (χ0) is 19.2. The smallest absolute Gasteiger partial charge is 0.315 e. The molecular weight excluding hydrogens is 332 g/mol. The molecule has 0 saturated carbocycles. The monoisotopic (exact) mass is 358 g/mol. The lowest BCUT2D eigenvalue weighted by Gasteiger charge is -2.27. The fourth-order valence-electron chi connectivity index (χ4n) is 1.54. The summed E-state index contributed by atoms with van der Waals surface area (Å²) in [5.41, 5.74) is -1.92. The summed E-state index contributed by atoms with van der Waals surface area (Å²) in [5.74, 6) is -4.91. The van der Waals surface area contributed by atoms with Crippen LogP contribution in [0.5, 0.6) is 0 Å². The van der Waals surface area contributed by atoms with Gasteiger partial charge in [0.25, 0.3) is 5.92 Å². The molecule has 0 rings (SSSR count). The van der Waals surface area contributed by atoms with Crippen LogP contribution in [0.4, 0.5) is 17.6 Å². The Bertz CT molecular complexity index is 432. The first-order valence-electron chi connectivity index (χ1n) is 7.74. The maximum absolute atomic E-state index is 13.1. The summed E-state index contributed by atoms with van der Waals surface area (Å²) in [6.45, 7) is 7.19. The maximum atomic E-state index is 13.1. The van der Waals surface area contributed by atoms with Gasteiger partial charge in [-0.3, -0.25) is 9.59 Å². The fourth-order valence-corrected chi connectivity index (χ4v) is 1.54. The molecule has 0 aromatic carbocycles. The minimum atomic E-state index is -3.60. The van der Waals surface area contributed by atoms with Crippen LogP contribution in [0.1, 0.15) is 53.9 Å². The molecular formula is C16H26F4O4. The third-order valence-electron chi connectivity index (χ3n) is 3.56. The molecule has 0 heterocycles. The number of hydrogen-bond donors (Lipinski definition) is 0. The highest BCUT2D eigenvalue weighted by atomic mass is 19.3. The van der Waals surface area contributed by atoms with E-state index >= 15 is 0 Å². The lowest BCUT2D eigenvalue weighted by Crippen LogP contribution is -2.37. The first-order valence-corrected chi connectivity index (χ1v) is 7.74. The summed E-state index contributed by atoms with van der Waals surface area (Å²) in [6, 6.07) is 0. The number of carbonyl (C=O) groups is 2. The molecule has 0 aromatic rings. The van der Waals surface area contributed by atoms with Gasteiger partial charge in [-0.25, -0.2) is 17.6 Å². The first-order chi connectivity index (χ1) is 10.7. The predicted molar refractivity (Wildman–Crippen MR) is 80.0 cm³/mol. The average molecular weight is 358 g/mol. The summed E-state index contributed by atoms with van der Waals surface area (Å²) in [6.07, 6.45) is -5.42. The lowest BCUT2D eigenvalue weighted by atomic mass is 9.88. The number of hydrogen-bond acceptors (Lipinski definition) is 4. The highest BCUT2D eigenvalue weighted by Crippen LogP contribution is 2.28. The number of ether oxygens (including phenoxy) is 2. The van der Waals surface area contributed by atoms with Gasteiger partial charge in [-0.2, -0.15) is 0 Å². The van der Waals surface area contributed by atoms with Gasteiger partial charge in [0.15, 0.2) is 0 Å². The van der Waals surface area contributed by atoms with Crippen molar-refractivity contribution < 1.29 is 36.6 Å². The molecule has 0 amide bonds. The van der Waals surface area contributed by atoms with Crippen molar-refractivity contribution in [3.63, 3.8) is 0 Å². The van der Waals surface area contributed by atoms with Crippen LogP contribution in [0.3, 0.4) is 0 Å². The minimum Gasteiger partial charge on any atom is -0.465 e. The van der Waals surface area contributed by atoms with Crippen molar-refractivity contribution in [2.75, 3.05) is 13.2 Å². The van der Waals surface area contributed by atoms with E-state index in [1.165, 1.54) is 6.92 Å². The van der Waals surface area contributed by atoms with Gasteiger partial charge in [0, 0.05) is 6.42 Å². The summed E-state index contributed by atoms with van der Waals surface area (Å²) in [7, 11) is 0. The van der Waals surface area contributed by atoms with Crippen molar-refractivity contribution in [1.29, 1.82) is 0 Å². The Morgan fingerprint density at radius 1 is 1.00 bits per heavy atom. The molecule has 0 bridgehead atoms. The Labute approximate surface area is 139 Å². The Kier molecular flexibility index (Phi) is 8.18. The Morgan fingerprint density at radius 2 is 1.54 bits per heavy atom. The zero-order valence-corrected chi connectivity index (χ0v) is 14.8.